The van der Waals surface area contributed by atoms with Crippen molar-refractivity contribution in [3.05, 3.63) is 22.2 Å². The Bertz CT molecular complexity index is 337. The van der Waals surface area contributed by atoms with E-state index in [0.717, 1.165) is 10.0 Å². The maximum atomic E-state index is 5.83. The molecule has 0 unspecified atom stereocenters. The van der Waals surface area contributed by atoms with Crippen LogP contribution < -0.4 is 10.5 Å². The fourth-order valence-electron chi connectivity index (χ4n) is 1.03. The van der Waals surface area contributed by atoms with Crippen molar-refractivity contribution in [2.45, 2.75) is 0 Å². The molecule has 0 aliphatic carbocycles. The van der Waals surface area contributed by atoms with Crippen molar-refractivity contribution >= 4 is 27.8 Å². The Hall–Kier alpha value is -1.03. The van der Waals surface area contributed by atoms with Crippen LogP contribution in [0.25, 0.3) is 0 Å². The highest BCUT2D eigenvalue weighted by Gasteiger charge is 2.06. The van der Waals surface area contributed by atoms with E-state index in [4.69, 9.17) is 10.5 Å². The monoisotopic (exact) mass is 242 g/mol. The lowest BCUT2D eigenvalue weighted by Crippen LogP contribution is -1.98. The van der Waals surface area contributed by atoms with E-state index in [9.17, 15) is 0 Å². The lowest BCUT2D eigenvalue weighted by Gasteiger charge is -2.08. The number of hydrogen-bond donors (Lipinski definition) is 1. The van der Waals surface area contributed by atoms with Gasteiger partial charge in [-0.1, -0.05) is 15.9 Å². The van der Waals surface area contributed by atoms with Crippen LogP contribution in [0.5, 0.6) is 5.75 Å². The number of nitrogens with two attached hydrogens (primary N) is 1. The third-order valence-corrected chi connectivity index (χ3v) is 2.36. The summed E-state index contributed by atoms with van der Waals surface area (Å²) in [4.78, 5) is 3.91. The summed E-state index contributed by atoms with van der Waals surface area (Å²) in [6.45, 7) is 0. The number of methoxy groups -OCH3 is 1. The van der Waals surface area contributed by atoms with Crippen LogP contribution in [-0.4, -0.2) is 20.4 Å². The highest BCUT2D eigenvalue weighted by atomic mass is 79.9. The lowest BCUT2D eigenvalue weighted by molar-refractivity contribution is 0.417. The molecule has 0 saturated carbocycles. The first-order valence-corrected chi connectivity index (χ1v) is 4.54. The van der Waals surface area contributed by atoms with E-state index in [0.29, 0.717) is 11.4 Å². The third-order valence-electron chi connectivity index (χ3n) is 1.67. The molecule has 70 valence electrons. The predicted molar refractivity (Wildman–Crippen MR) is 58.6 cm³/mol. The van der Waals surface area contributed by atoms with Crippen LogP contribution >= 0.6 is 15.9 Å². The van der Waals surface area contributed by atoms with Gasteiger partial charge in [-0.25, -0.2) is 0 Å². The van der Waals surface area contributed by atoms with Crippen molar-refractivity contribution in [1.82, 2.24) is 0 Å². The second-order valence-corrected chi connectivity index (χ2v) is 3.32. The zero-order valence-corrected chi connectivity index (χ0v) is 9.13. The minimum Gasteiger partial charge on any atom is -0.495 e. The summed E-state index contributed by atoms with van der Waals surface area (Å²) in [6, 6.07) is 3.69. The molecule has 4 heteroatoms. The Morgan fingerprint density at radius 2 is 2.23 bits per heavy atom. The van der Waals surface area contributed by atoms with Gasteiger partial charge in [-0.2, -0.15) is 0 Å². The minimum atomic E-state index is 0.600. The highest BCUT2D eigenvalue weighted by Crippen LogP contribution is 2.29. The minimum absolute atomic E-state index is 0.600. The maximum Gasteiger partial charge on any atom is 0.142 e. The van der Waals surface area contributed by atoms with E-state index in [1.807, 2.05) is 12.1 Å². The summed E-state index contributed by atoms with van der Waals surface area (Å²) in [5, 5.41) is 0. The van der Waals surface area contributed by atoms with Gasteiger partial charge in [-0.3, -0.25) is 4.99 Å². The second kappa shape index (κ2) is 4.28. The molecule has 0 aliphatic rings. The number of hydrogen-bond acceptors (Lipinski definition) is 3. The summed E-state index contributed by atoms with van der Waals surface area (Å²) in [7, 11) is 3.29. The molecule has 0 spiro atoms. The molecule has 0 saturated heterocycles. The van der Waals surface area contributed by atoms with Gasteiger partial charge < -0.3 is 10.5 Å². The normalized spacial score (nSPS) is 10.7. The molecule has 0 heterocycles. The fourth-order valence-corrected chi connectivity index (χ4v) is 1.48. The maximum absolute atomic E-state index is 5.83. The fraction of sp³-hybridized carbons (Fsp3) is 0.222. The summed E-state index contributed by atoms with van der Waals surface area (Å²) >= 11 is 3.38. The third kappa shape index (κ3) is 2.01. The van der Waals surface area contributed by atoms with Crippen molar-refractivity contribution in [3.8, 4) is 5.75 Å². The molecular formula is C9H11BrN2O. The number of rotatable bonds is 2. The van der Waals surface area contributed by atoms with Crippen molar-refractivity contribution < 1.29 is 4.74 Å². The lowest BCUT2D eigenvalue weighted by atomic mass is 10.2. The van der Waals surface area contributed by atoms with Crippen LogP contribution in [0, 0.1) is 0 Å². The number of benzene rings is 1. The van der Waals surface area contributed by atoms with Crippen LogP contribution in [0.4, 0.5) is 5.69 Å². The summed E-state index contributed by atoms with van der Waals surface area (Å²) < 4.78 is 5.99. The van der Waals surface area contributed by atoms with Crippen molar-refractivity contribution in [1.29, 1.82) is 0 Å². The van der Waals surface area contributed by atoms with Crippen molar-refractivity contribution in [2.24, 2.45) is 4.99 Å². The predicted octanol–water partition coefficient (Wildman–Crippen LogP) is 2.09. The molecule has 1 rings (SSSR count). The summed E-state index contributed by atoms with van der Waals surface area (Å²) in [5.41, 5.74) is 7.28. The molecule has 3 nitrogen and oxygen atoms in total. The van der Waals surface area contributed by atoms with Gasteiger partial charge in [0.2, 0.25) is 0 Å². The largest absolute Gasteiger partial charge is 0.495 e. The first kappa shape index (κ1) is 10.1. The average Bonchev–Trinajstić information content (AvgIpc) is 2.12. The SMILES string of the molecule is CN=Cc1c(Br)ccc(OC)c1N. The van der Waals surface area contributed by atoms with Crippen LogP contribution in [0.3, 0.4) is 0 Å². The molecule has 0 atom stereocenters. The van der Waals surface area contributed by atoms with E-state index in [2.05, 4.69) is 20.9 Å². The number of anilines is 1. The van der Waals surface area contributed by atoms with E-state index in [1.165, 1.54) is 0 Å². The number of aliphatic imine (C=N–C) groups is 1. The molecule has 1 aromatic carbocycles. The second-order valence-electron chi connectivity index (χ2n) is 2.46. The highest BCUT2D eigenvalue weighted by molar-refractivity contribution is 9.10. The Kier molecular flexibility index (Phi) is 3.31. The van der Waals surface area contributed by atoms with Crippen LogP contribution in [-0.2, 0) is 0 Å². The van der Waals surface area contributed by atoms with Crippen LogP contribution in [0.15, 0.2) is 21.6 Å². The van der Waals surface area contributed by atoms with Crippen LogP contribution in [0.2, 0.25) is 0 Å². The standard InChI is InChI=1S/C9H11BrN2O/c1-12-5-6-7(10)3-4-8(13-2)9(6)11/h3-5H,11H2,1-2H3. The van der Waals surface area contributed by atoms with Gasteiger partial charge in [-0.05, 0) is 12.1 Å². The molecule has 2 N–H and O–H groups in total. The first-order valence-electron chi connectivity index (χ1n) is 3.74. The molecule has 0 amide bonds. The Balaban J connectivity index is 3.29. The topological polar surface area (TPSA) is 47.6 Å². The molecule has 0 radical (unpaired) electrons. The Labute approximate surface area is 85.7 Å². The van der Waals surface area contributed by atoms with Crippen molar-refractivity contribution in [2.75, 3.05) is 19.9 Å². The zero-order chi connectivity index (χ0) is 9.84. The van der Waals surface area contributed by atoms with Crippen molar-refractivity contribution in [3.63, 3.8) is 0 Å². The number of nitrogens with zero attached hydrogens (tertiary/aromatic N) is 1. The number of nitrogen functional groups attached to an aromatic ring is 1. The molecule has 13 heavy (non-hydrogen) atoms. The summed E-state index contributed by atoms with van der Waals surface area (Å²) in [5.74, 6) is 0.665. The molecule has 0 aliphatic heterocycles. The molecule has 0 fully saturated rings. The zero-order valence-electron chi connectivity index (χ0n) is 7.54. The van der Waals surface area contributed by atoms with Gasteiger partial charge in [0.25, 0.3) is 0 Å². The van der Waals surface area contributed by atoms with E-state index in [1.54, 1.807) is 20.4 Å². The molecule has 0 bridgehead atoms. The van der Waals surface area contributed by atoms with Gasteiger partial charge in [-0.15, -0.1) is 0 Å². The van der Waals surface area contributed by atoms with Crippen LogP contribution in [0.1, 0.15) is 5.56 Å². The van der Waals surface area contributed by atoms with E-state index in [-0.39, 0.29) is 0 Å². The van der Waals surface area contributed by atoms with E-state index >= 15 is 0 Å². The van der Waals surface area contributed by atoms with Gasteiger partial charge in [0.05, 0.1) is 12.8 Å². The van der Waals surface area contributed by atoms with Gasteiger partial charge in [0, 0.05) is 23.3 Å². The Morgan fingerprint density at radius 1 is 1.54 bits per heavy atom. The van der Waals surface area contributed by atoms with Gasteiger partial charge in [0.15, 0.2) is 0 Å². The smallest absolute Gasteiger partial charge is 0.142 e. The molecular weight excluding hydrogens is 232 g/mol. The van der Waals surface area contributed by atoms with E-state index < -0.39 is 0 Å². The number of ether oxygens (including phenoxy) is 1. The summed E-state index contributed by atoms with van der Waals surface area (Å²) in [6.07, 6.45) is 1.70. The first-order chi connectivity index (χ1) is 6.20. The quantitative estimate of drug-likeness (QED) is 0.638. The molecule has 1 aromatic rings. The van der Waals surface area contributed by atoms with Gasteiger partial charge in [0.1, 0.15) is 5.75 Å². The number of halogens is 1. The molecule has 0 aromatic heterocycles. The van der Waals surface area contributed by atoms with Gasteiger partial charge >= 0.3 is 0 Å². The Morgan fingerprint density at radius 3 is 2.77 bits per heavy atom. The average molecular weight is 243 g/mol.